The molecule has 4 rings (SSSR count). The summed E-state index contributed by atoms with van der Waals surface area (Å²) in [4.78, 5) is 21.1. The lowest BCUT2D eigenvalue weighted by Crippen LogP contribution is -2.61. The maximum absolute atomic E-state index is 12.4. The van der Waals surface area contributed by atoms with E-state index in [4.69, 9.17) is 4.42 Å². The summed E-state index contributed by atoms with van der Waals surface area (Å²) in [6, 6.07) is 1.90. The standard InChI is InChI=1S/C16H19N3O2S/c1-11-5-17-14(21-11)13-6-18(2)8-16(13)9-19(10-16)15(20)12-3-4-22-7-12/h3-5,7,13H,6,8-10H2,1-2H3. The van der Waals surface area contributed by atoms with Crippen molar-refractivity contribution in [2.24, 2.45) is 5.41 Å². The minimum absolute atomic E-state index is 0.0950. The normalized spacial score (nSPS) is 23.9. The summed E-state index contributed by atoms with van der Waals surface area (Å²) in [5, 5.41) is 3.87. The van der Waals surface area contributed by atoms with Gasteiger partial charge < -0.3 is 14.2 Å². The Labute approximate surface area is 133 Å². The SMILES string of the molecule is Cc1cnc(C2CN(C)CC23CN(C(=O)c2ccsc2)C3)o1. The average Bonchev–Trinajstić information content (AvgIpc) is 3.14. The third-order valence-electron chi connectivity index (χ3n) is 4.82. The number of rotatable bonds is 2. The maximum atomic E-state index is 12.4. The molecule has 1 atom stereocenters. The second kappa shape index (κ2) is 4.93. The number of aryl methyl sites for hydroxylation is 1. The highest BCUT2D eigenvalue weighted by Gasteiger charge is 2.56. The third kappa shape index (κ3) is 2.09. The molecule has 0 radical (unpaired) electrons. The molecule has 5 nitrogen and oxygen atoms in total. The molecule has 2 aromatic rings. The summed E-state index contributed by atoms with van der Waals surface area (Å²) in [5.41, 5.74) is 0.896. The highest BCUT2D eigenvalue weighted by Crippen LogP contribution is 2.48. The van der Waals surface area contributed by atoms with E-state index in [1.807, 2.05) is 28.7 Å². The van der Waals surface area contributed by atoms with E-state index >= 15 is 0 Å². The molecule has 2 fully saturated rings. The first-order chi connectivity index (χ1) is 10.6. The zero-order chi connectivity index (χ0) is 15.3. The largest absolute Gasteiger partial charge is 0.446 e. The quantitative estimate of drug-likeness (QED) is 0.852. The van der Waals surface area contributed by atoms with Crippen molar-refractivity contribution in [3.05, 3.63) is 40.2 Å². The van der Waals surface area contributed by atoms with Gasteiger partial charge >= 0.3 is 0 Å². The summed E-state index contributed by atoms with van der Waals surface area (Å²) < 4.78 is 5.78. The van der Waals surface area contributed by atoms with Gasteiger partial charge in [0, 0.05) is 37.0 Å². The van der Waals surface area contributed by atoms with Gasteiger partial charge in [-0.3, -0.25) is 4.79 Å². The molecule has 2 aliphatic heterocycles. The number of carbonyl (C=O) groups is 1. The Morgan fingerprint density at radius 3 is 2.91 bits per heavy atom. The Hall–Kier alpha value is -1.66. The fraction of sp³-hybridized carbons (Fsp3) is 0.500. The van der Waals surface area contributed by atoms with Crippen LogP contribution in [0.3, 0.4) is 0 Å². The van der Waals surface area contributed by atoms with Gasteiger partial charge in [-0.1, -0.05) is 0 Å². The number of carbonyl (C=O) groups excluding carboxylic acids is 1. The van der Waals surface area contributed by atoms with Gasteiger partial charge in [-0.2, -0.15) is 11.3 Å². The van der Waals surface area contributed by atoms with Crippen molar-refractivity contribution in [3.8, 4) is 0 Å². The van der Waals surface area contributed by atoms with E-state index in [-0.39, 0.29) is 17.2 Å². The second-order valence-corrected chi connectivity index (χ2v) is 7.37. The topological polar surface area (TPSA) is 49.6 Å². The van der Waals surface area contributed by atoms with Gasteiger partial charge in [0.15, 0.2) is 5.89 Å². The average molecular weight is 317 g/mol. The van der Waals surface area contributed by atoms with Gasteiger partial charge in [0.25, 0.3) is 5.91 Å². The minimum Gasteiger partial charge on any atom is -0.446 e. The number of amides is 1. The van der Waals surface area contributed by atoms with E-state index in [2.05, 4.69) is 16.9 Å². The molecule has 0 saturated carbocycles. The molecule has 1 spiro atoms. The summed E-state index contributed by atoms with van der Waals surface area (Å²) in [6.07, 6.45) is 1.79. The Kier molecular flexibility index (Phi) is 3.13. The number of hydrogen-bond acceptors (Lipinski definition) is 5. The summed E-state index contributed by atoms with van der Waals surface area (Å²) in [5.74, 6) is 2.09. The third-order valence-corrected chi connectivity index (χ3v) is 5.51. The zero-order valence-corrected chi connectivity index (χ0v) is 13.6. The van der Waals surface area contributed by atoms with Crippen LogP contribution >= 0.6 is 11.3 Å². The molecule has 2 aromatic heterocycles. The van der Waals surface area contributed by atoms with E-state index in [0.29, 0.717) is 0 Å². The number of likely N-dealkylation sites (N-methyl/N-ethyl adjacent to an activating group) is 1. The van der Waals surface area contributed by atoms with Gasteiger partial charge in [-0.15, -0.1) is 0 Å². The summed E-state index contributed by atoms with van der Waals surface area (Å²) in [6.45, 7) is 5.44. The maximum Gasteiger partial charge on any atom is 0.254 e. The first-order valence-corrected chi connectivity index (χ1v) is 8.44. The Morgan fingerprint density at radius 2 is 2.27 bits per heavy atom. The van der Waals surface area contributed by atoms with Gasteiger partial charge in [0.05, 0.1) is 17.7 Å². The number of hydrogen-bond donors (Lipinski definition) is 0. The van der Waals surface area contributed by atoms with Crippen LogP contribution in [-0.2, 0) is 0 Å². The van der Waals surface area contributed by atoms with Gasteiger partial charge in [-0.25, -0.2) is 4.98 Å². The monoisotopic (exact) mass is 317 g/mol. The van der Waals surface area contributed by atoms with Crippen molar-refractivity contribution >= 4 is 17.2 Å². The lowest BCUT2D eigenvalue weighted by molar-refractivity contribution is 0.000549. The molecule has 2 saturated heterocycles. The molecule has 1 amide bonds. The lowest BCUT2D eigenvalue weighted by atomic mass is 9.71. The van der Waals surface area contributed by atoms with Crippen LogP contribution in [0.15, 0.2) is 27.4 Å². The smallest absolute Gasteiger partial charge is 0.254 e. The van der Waals surface area contributed by atoms with E-state index < -0.39 is 0 Å². The van der Waals surface area contributed by atoms with Crippen LogP contribution in [0.25, 0.3) is 0 Å². The molecule has 6 heteroatoms. The fourth-order valence-corrected chi connectivity index (χ4v) is 4.47. The van der Waals surface area contributed by atoms with Crippen LogP contribution in [0.4, 0.5) is 0 Å². The van der Waals surface area contributed by atoms with Crippen LogP contribution in [0.5, 0.6) is 0 Å². The number of thiophene rings is 1. The van der Waals surface area contributed by atoms with E-state index in [0.717, 1.165) is 43.4 Å². The highest BCUT2D eigenvalue weighted by molar-refractivity contribution is 7.08. The number of oxazole rings is 1. The first kappa shape index (κ1) is 14.0. The molecule has 0 aliphatic carbocycles. The molecule has 0 N–H and O–H groups in total. The first-order valence-electron chi connectivity index (χ1n) is 7.50. The van der Waals surface area contributed by atoms with Crippen LogP contribution in [0.1, 0.15) is 27.9 Å². The van der Waals surface area contributed by atoms with E-state index in [9.17, 15) is 4.79 Å². The summed E-state index contributed by atoms with van der Waals surface area (Å²) in [7, 11) is 2.13. The molecule has 1 unspecified atom stereocenters. The predicted octanol–water partition coefficient (Wildman–Crippen LogP) is 2.22. The Balaban J connectivity index is 1.53. The van der Waals surface area contributed by atoms with Crippen molar-refractivity contribution < 1.29 is 9.21 Å². The van der Waals surface area contributed by atoms with E-state index in [1.165, 1.54) is 0 Å². The molecule has 116 valence electrons. The van der Waals surface area contributed by atoms with Gasteiger partial charge in [-0.05, 0) is 25.4 Å². The minimum atomic E-state index is 0.0950. The van der Waals surface area contributed by atoms with Crippen LogP contribution in [0.2, 0.25) is 0 Å². The van der Waals surface area contributed by atoms with Gasteiger partial charge in [0.1, 0.15) is 5.76 Å². The second-order valence-electron chi connectivity index (χ2n) is 6.59. The fourth-order valence-electron chi connectivity index (χ4n) is 3.84. The molecule has 0 aromatic carbocycles. The van der Waals surface area contributed by atoms with E-state index in [1.54, 1.807) is 17.5 Å². The zero-order valence-electron chi connectivity index (χ0n) is 12.8. The predicted molar refractivity (Wildman–Crippen MR) is 84.1 cm³/mol. The van der Waals surface area contributed by atoms with Crippen molar-refractivity contribution in [1.82, 2.24) is 14.8 Å². The molecular weight excluding hydrogens is 298 g/mol. The van der Waals surface area contributed by atoms with Crippen molar-refractivity contribution in [3.63, 3.8) is 0 Å². The highest BCUT2D eigenvalue weighted by atomic mass is 32.1. The molecule has 2 aliphatic rings. The molecule has 22 heavy (non-hydrogen) atoms. The van der Waals surface area contributed by atoms with Crippen molar-refractivity contribution in [2.45, 2.75) is 12.8 Å². The molecular formula is C16H19N3O2S. The number of likely N-dealkylation sites (tertiary alicyclic amines) is 2. The van der Waals surface area contributed by atoms with Crippen molar-refractivity contribution in [2.75, 3.05) is 33.2 Å². The summed E-state index contributed by atoms with van der Waals surface area (Å²) >= 11 is 1.56. The number of aromatic nitrogens is 1. The van der Waals surface area contributed by atoms with Crippen LogP contribution < -0.4 is 0 Å². The van der Waals surface area contributed by atoms with Crippen LogP contribution in [0, 0.1) is 12.3 Å². The Morgan fingerprint density at radius 1 is 1.45 bits per heavy atom. The van der Waals surface area contributed by atoms with Gasteiger partial charge in [0.2, 0.25) is 0 Å². The lowest BCUT2D eigenvalue weighted by Gasteiger charge is -2.50. The Bertz CT molecular complexity index is 688. The molecule has 4 heterocycles. The van der Waals surface area contributed by atoms with Crippen LogP contribution in [-0.4, -0.2) is 53.9 Å². The number of nitrogens with zero attached hydrogens (tertiary/aromatic N) is 3. The molecule has 0 bridgehead atoms. The van der Waals surface area contributed by atoms with Crippen molar-refractivity contribution in [1.29, 1.82) is 0 Å².